The van der Waals surface area contributed by atoms with E-state index in [0.717, 1.165) is 0 Å². The molecule has 4 nitrogen and oxygen atoms in total. The maximum atomic E-state index is 11.4. The van der Waals surface area contributed by atoms with Crippen molar-refractivity contribution in [3.63, 3.8) is 0 Å². The first-order valence-electron chi connectivity index (χ1n) is 4.68. The number of furan rings is 1. The van der Waals surface area contributed by atoms with Crippen LogP contribution >= 0.6 is 0 Å². The number of hydrogen-bond acceptors (Lipinski definition) is 3. The molecule has 1 aromatic rings. The Kier molecular flexibility index (Phi) is 3.71. The number of nitrogens with one attached hydrogen (secondary N) is 1. The third kappa shape index (κ3) is 2.88. The van der Waals surface area contributed by atoms with Crippen molar-refractivity contribution < 1.29 is 9.21 Å². The Morgan fingerprint density at radius 3 is 2.86 bits per heavy atom. The van der Waals surface area contributed by atoms with Gasteiger partial charge in [-0.05, 0) is 18.1 Å². The normalized spacial score (nSPS) is 12.9. The van der Waals surface area contributed by atoms with E-state index >= 15 is 0 Å². The Labute approximate surface area is 83.5 Å². The van der Waals surface area contributed by atoms with E-state index in [4.69, 9.17) is 10.2 Å². The first-order valence-corrected chi connectivity index (χ1v) is 4.68. The molecule has 4 heteroatoms. The molecule has 3 N–H and O–H groups in total. The lowest BCUT2D eigenvalue weighted by molar-refractivity contribution is 0.0921. The van der Waals surface area contributed by atoms with Crippen molar-refractivity contribution in [2.45, 2.75) is 19.9 Å². The van der Waals surface area contributed by atoms with Crippen LogP contribution in [0, 0.1) is 5.92 Å². The van der Waals surface area contributed by atoms with Crippen LogP contribution in [0.3, 0.4) is 0 Å². The Balaban J connectivity index is 2.36. The van der Waals surface area contributed by atoms with Crippen molar-refractivity contribution in [2.24, 2.45) is 11.7 Å². The smallest absolute Gasteiger partial charge is 0.287 e. The highest BCUT2D eigenvalue weighted by molar-refractivity contribution is 5.91. The molecular formula is C10H16N2O2. The van der Waals surface area contributed by atoms with E-state index in [2.05, 4.69) is 5.32 Å². The van der Waals surface area contributed by atoms with E-state index in [1.54, 1.807) is 12.1 Å². The molecule has 1 atom stereocenters. The van der Waals surface area contributed by atoms with Gasteiger partial charge < -0.3 is 15.5 Å². The third-order valence-corrected chi connectivity index (χ3v) is 2.10. The molecule has 1 amide bonds. The second-order valence-corrected chi connectivity index (χ2v) is 3.60. The van der Waals surface area contributed by atoms with Gasteiger partial charge in [-0.15, -0.1) is 0 Å². The molecule has 0 fully saturated rings. The van der Waals surface area contributed by atoms with Crippen LogP contribution in [0.25, 0.3) is 0 Å². The van der Waals surface area contributed by atoms with E-state index in [-0.39, 0.29) is 11.9 Å². The van der Waals surface area contributed by atoms with Gasteiger partial charge in [-0.1, -0.05) is 13.8 Å². The van der Waals surface area contributed by atoms with Crippen LogP contribution in [0.1, 0.15) is 24.4 Å². The zero-order valence-corrected chi connectivity index (χ0v) is 8.49. The van der Waals surface area contributed by atoms with Crippen molar-refractivity contribution >= 4 is 5.91 Å². The second kappa shape index (κ2) is 4.81. The minimum atomic E-state index is -0.217. The van der Waals surface area contributed by atoms with Crippen molar-refractivity contribution in [1.29, 1.82) is 0 Å². The predicted octanol–water partition coefficient (Wildman–Crippen LogP) is 0.993. The Bertz CT molecular complexity index is 280. The summed E-state index contributed by atoms with van der Waals surface area (Å²) in [5.74, 6) is 0.457. The lowest BCUT2D eigenvalue weighted by atomic mass is 10.1. The second-order valence-electron chi connectivity index (χ2n) is 3.60. The van der Waals surface area contributed by atoms with Crippen LogP contribution in [0.2, 0.25) is 0 Å². The van der Waals surface area contributed by atoms with E-state index in [9.17, 15) is 4.79 Å². The van der Waals surface area contributed by atoms with Gasteiger partial charge in [0.15, 0.2) is 5.76 Å². The molecule has 0 saturated heterocycles. The molecule has 0 aliphatic heterocycles. The minimum Gasteiger partial charge on any atom is -0.459 e. The molecule has 1 aromatic heterocycles. The summed E-state index contributed by atoms with van der Waals surface area (Å²) in [6.45, 7) is 4.50. The number of hydrogen-bond donors (Lipinski definition) is 2. The van der Waals surface area contributed by atoms with Gasteiger partial charge in [0.1, 0.15) is 0 Å². The largest absolute Gasteiger partial charge is 0.459 e. The summed E-state index contributed by atoms with van der Waals surface area (Å²) in [6.07, 6.45) is 1.47. The van der Waals surface area contributed by atoms with Crippen molar-refractivity contribution in [1.82, 2.24) is 5.32 Å². The summed E-state index contributed by atoms with van der Waals surface area (Å²) >= 11 is 0. The van der Waals surface area contributed by atoms with Crippen molar-refractivity contribution in [3.05, 3.63) is 24.2 Å². The lowest BCUT2D eigenvalue weighted by Crippen LogP contribution is -2.40. The first-order chi connectivity index (χ1) is 6.61. The molecule has 0 saturated carbocycles. The quantitative estimate of drug-likeness (QED) is 0.754. The molecule has 1 rings (SSSR count). The zero-order valence-electron chi connectivity index (χ0n) is 8.49. The standard InChI is InChI=1S/C10H16N2O2/c1-7(2)8(11)6-12-10(13)9-4-3-5-14-9/h3-5,7-8H,6,11H2,1-2H3,(H,12,13). The summed E-state index contributed by atoms with van der Waals surface area (Å²) in [6, 6.07) is 3.28. The van der Waals surface area contributed by atoms with E-state index in [0.29, 0.717) is 18.2 Å². The molecule has 0 spiro atoms. The fourth-order valence-corrected chi connectivity index (χ4v) is 0.941. The number of amides is 1. The third-order valence-electron chi connectivity index (χ3n) is 2.10. The van der Waals surface area contributed by atoms with Gasteiger partial charge in [-0.25, -0.2) is 0 Å². The molecule has 0 radical (unpaired) electrons. The number of rotatable bonds is 4. The van der Waals surface area contributed by atoms with Crippen LogP contribution in [0.15, 0.2) is 22.8 Å². The van der Waals surface area contributed by atoms with Gasteiger partial charge in [0.25, 0.3) is 5.91 Å². The summed E-state index contributed by atoms with van der Waals surface area (Å²) in [4.78, 5) is 11.4. The van der Waals surface area contributed by atoms with Gasteiger partial charge in [-0.3, -0.25) is 4.79 Å². The number of carbonyl (C=O) groups is 1. The van der Waals surface area contributed by atoms with Gasteiger partial charge in [0.2, 0.25) is 0 Å². The van der Waals surface area contributed by atoms with Crippen LogP contribution in [-0.2, 0) is 0 Å². The molecule has 78 valence electrons. The molecular weight excluding hydrogens is 180 g/mol. The SMILES string of the molecule is CC(C)C(N)CNC(=O)c1ccco1. The van der Waals surface area contributed by atoms with Crippen LogP contribution < -0.4 is 11.1 Å². The van der Waals surface area contributed by atoms with E-state index < -0.39 is 0 Å². The predicted molar refractivity (Wildman–Crippen MR) is 53.9 cm³/mol. The minimum absolute atomic E-state index is 0.0195. The molecule has 0 aromatic carbocycles. The molecule has 14 heavy (non-hydrogen) atoms. The Morgan fingerprint density at radius 1 is 1.64 bits per heavy atom. The maximum Gasteiger partial charge on any atom is 0.287 e. The van der Waals surface area contributed by atoms with Crippen molar-refractivity contribution in [3.8, 4) is 0 Å². The molecule has 1 heterocycles. The van der Waals surface area contributed by atoms with E-state index in [1.807, 2.05) is 13.8 Å². The van der Waals surface area contributed by atoms with Crippen LogP contribution in [0.4, 0.5) is 0 Å². The highest BCUT2D eigenvalue weighted by Gasteiger charge is 2.11. The summed E-state index contributed by atoms with van der Waals surface area (Å²) < 4.78 is 4.94. The lowest BCUT2D eigenvalue weighted by Gasteiger charge is -2.15. The molecule has 1 unspecified atom stereocenters. The fraction of sp³-hybridized carbons (Fsp3) is 0.500. The van der Waals surface area contributed by atoms with Crippen LogP contribution in [-0.4, -0.2) is 18.5 Å². The average Bonchev–Trinajstić information content (AvgIpc) is 2.66. The van der Waals surface area contributed by atoms with Gasteiger partial charge >= 0.3 is 0 Å². The zero-order chi connectivity index (χ0) is 10.6. The highest BCUT2D eigenvalue weighted by Crippen LogP contribution is 2.00. The highest BCUT2D eigenvalue weighted by atomic mass is 16.3. The Hall–Kier alpha value is -1.29. The van der Waals surface area contributed by atoms with Crippen LogP contribution in [0.5, 0.6) is 0 Å². The number of nitrogens with two attached hydrogens (primary N) is 1. The maximum absolute atomic E-state index is 11.4. The van der Waals surface area contributed by atoms with E-state index in [1.165, 1.54) is 6.26 Å². The van der Waals surface area contributed by atoms with Gasteiger partial charge in [0.05, 0.1) is 6.26 Å². The fourth-order valence-electron chi connectivity index (χ4n) is 0.941. The Morgan fingerprint density at radius 2 is 2.36 bits per heavy atom. The molecule has 0 aliphatic rings. The van der Waals surface area contributed by atoms with Crippen molar-refractivity contribution in [2.75, 3.05) is 6.54 Å². The topological polar surface area (TPSA) is 68.3 Å². The van der Waals surface area contributed by atoms with Gasteiger partial charge in [-0.2, -0.15) is 0 Å². The van der Waals surface area contributed by atoms with Gasteiger partial charge in [0, 0.05) is 12.6 Å². The average molecular weight is 196 g/mol. The summed E-state index contributed by atoms with van der Waals surface area (Å²) in [5, 5.41) is 2.71. The summed E-state index contributed by atoms with van der Waals surface area (Å²) in [5.41, 5.74) is 5.77. The summed E-state index contributed by atoms with van der Waals surface area (Å²) in [7, 11) is 0. The molecule has 0 bridgehead atoms. The monoisotopic (exact) mass is 196 g/mol. The first kappa shape index (κ1) is 10.8. The molecule has 0 aliphatic carbocycles. The number of carbonyl (C=O) groups excluding carboxylic acids is 1.